The predicted octanol–water partition coefficient (Wildman–Crippen LogP) is 2.84. The van der Waals surface area contributed by atoms with Crippen LogP contribution in [0.1, 0.15) is 43.9 Å². The predicted molar refractivity (Wildman–Crippen MR) is 71.5 cm³/mol. The number of hydrogen-bond donors (Lipinski definition) is 2. The summed E-state index contributed by atoms with van der Waals surface area (Å²) < 4.78 is 19.2. The third kappa shape index (κ3) is 4.05. The van der Waals surface area contributed by atoms with E-state index in [1.807, 2.05) is 19.9 Å². The van der Waals surface area contributed by atoms with Gasteiger partial charge in [-0.3, -0.25) is 11.3 Å². The van der Waals surface area contributed by atoms with Gasteiger partial charge < -0.3 is 4.74 Å². The number of benzene rings is 1. The summed E-state index contributed by atoms with van der Waals surface area (Å²) in [5.74, 6) is 5.38. The molecule has 18 heavy (non-hydrogen) atoms. The lowest BCUT2D eigenvalue weighted by atomic mass is 9.97. The molecule has 0 fully saturated rings. The summed E-state index contributed by atoms with van der Waals surface area (Å²) in [6.07, 6.45) is 1.85. The first-order chi connectivity index (χ1) is 8.62. The lowest BCUT2D eigenvalue weighted by molar-refractivity contribution is 0.0275. The van der Waals surface area contributed by atoms with Crippen LogP contribution in [0.5, 0.6) is 0 Å². The van der Waals surface area contributed by atoms with Crippen LogP contribution in [0.4, 0.5) is 4.39 Å². The zero-order valence-corrected chi connectivity index (χ0v) is 11.4. The number of halogens is 1. The monoisotopic (exact) mass is 254 g/mol. The number of rotatable bonds is 7. The van der Waals surface area contributed by atoms with Crippen molar-refractivity contribution in [1.82, 2.24) is 5.43 Å². The van der Waals surface area contributed by atoms with Crippen molar-refractivity contribution in [2.75, 3.05) is 6.61 Å². The topological polar surface area (TPSA) is 47.3 Å². The second-order valence-corrected chi connectivity index (χ2v) is 4.49. The number of hydrazine groups is 1. The van der Waals surface area contributed by atoms with E-state index in [-0.39, 0.29) is 18.0 Å². The molecule has 3 nitrogen and oxygen atoms in total. The van der Waals surface area contributed by atoms with Crippen LogP contribution < -0.4 is 11.3 Å². The van der Waals surface area contributed by atoms with Crippen LogP contribution >= 0.6 is 0 Å². The molecule has 0 aliphatic carbocycles. The van der Waals surface area contributed by atoms with E-state index in [0.29, 0.717) is 6.61 Å². The number of aryl methyl sites for hydroxylation is 1. The van der Waals surface area contributed by atoms with Crippen LogP contribution in [0.2, 0.25) is 0 Å². The Morgan fingerprint density at radius 2 is 2.06 bits per heavy atom. The molecular weight excluding hydrogens is 231 g/mol. The van der Waals surface area contributed by atoms with Crippen molar-refractivity contribution in [1.29, 1.82) is 0 Å². The number of nitrogens with two attached hydrogens (primary N) is 1. The van der Waals surface area contributed by atoms with E-state index < -0.39 is 0 Å². The molecule has 2 unspecified atom stereocenters. The van der Waals surface area contributed by atoms with E-state index in [1.165, 1.54) is 12.1 Å². The van der Waals surface area contributed by atoms with Gasteiger partial charge in [0.25, 0.3) is 0 Å². The van der Waals surface area contributed by atoms with Gasteiger partial charge in [0.05, 0.1) is 12.1 Å². The maximum Gasteiger partial charge on any atom is 0.123 e. The van der Waals surface area contributed by atoms with Gasteiger partial charge in [-0.15, -0.1) is 0 Å². The fourth-order valence-corrected chi connectivity index (χ4v) is 2.21. The summed E-state index contributed by atoms with van der Waals surface area (Å²) >= 11 is 0. The molecule has 4 heteroatoms. The highest BCUT2D eigenvalue weighted by molar-refractivity contribution is 5.27. The van der Waals surface area contributed by atoms with Crippen LogP contribution in [0.3, 0.4) is 0 Å². The molecule has 0 radical (unpaired) electrons. The number of hydrogen-bond acceptors (Lipinski definition) is 3. The minimum atomic E-state index is -0.239. The Bertz CT molecular complexity index is 345. The molecule has 1 aromatic carbocycles. The lowest BCUT2D eigenvalue weighted by Crippen LogP contribution is -2.38. The highest BCUT2D eigenvalue weighted by Crippen LogP contribution is 2.24. The van der Waals surface area contributed by atoms with Crippen molar-refractivity contribution >= 4 is 0 Å². The molecule has 0 bridgehead atoms. The minimum absolute atomic E-state index is 0.0359. The molecule has 0 spiro atoms. The van der Waals surface area contributed by atoms with Crippen LogP contribution in [0, 0.1) is 12.7 Å². The van der Waals surface area contributed by atoms with Crippen molar-refractivity contribution < 1.29 is 9.13 Å². The van der Waals surface area contributed by atoms with Crippen molar-refractivity contribution in [2.24, 2.45) is 5.84 Å². The Labute approximate surface area is 108 Å². The molecule has 0 aromatic heterocycles. The summed E-state index contributed by atoms with van der Waals surface area (Å²) in [5.41, 5.74) is 4.47. The highest BCUT2D eigenvalue weighted by atomic mass is 19.1. The van der Waals surface area contributed by atoms with Crippen molar-refractivity contribution in [3.8, 4) is 0 Å². The quantitative estimate of drug-likeness (QED) is 0.581. The van der Waals surface area contributed by atoms with Crippen LogP contribution in [0.15, 0.2) is 18.2 Å². The molecule has 3 N–H and O–H groups in total. The molecule has 0 heterocycles. The Hall–Kier alpha value is -0.970. The molecular formula is C14H23FN2O. The normalized spacial score (nSPS) is 14.5. The fourth-order valence-electron chi connectivity index (χ4n) is 2.21. The van der Waals surface area contributed by atoms with Crippen LogP contribution in [-0.2, 0) is 4.74 Å². The molecule has 0 aliphatic heterocycles. The first kappa shape index (κ1) is 15.1. The summed E-state index contributed by atoms with van der Waals surface area (Å²) in [6, 6.07) is 4.78. The van der Waals surface area contributed by atoms with Gasteiger partial charge in [0.15, 0.2) is 0 Å². The van der Waals surface area contributed by atoms with Crippen LogP contribution in [0.25, 0.3) is 0 Å². The minimum Gasteiger partial charge on any atom is -0.376 e. The molecule has 2 atom stereocenters. The number of nitrogens with one attached hydrogen (secondary N) is 1. The third-order valence-corrected chi connectivity index (χ3v) is 2.93. The van der Waals surface area contributed by atoms with Gasteiger partial charge in [0, 0.05) is 6.61 Å². The molecule has 1 rings (SSSR count). The Kier molecular flexibility index (Phi) is 6.25. The summed E-state index contributed by atoms with van der Waals surface area (Å²) in [6.45, 7) is 6.54. The first-order valence-electron chi connectivity index (χ1n) is 6.47. The Morgan fingerprint density at radius 1 is 1.33 bits per heavy atom. The first-order valence-corrected chi connectivity index (χ1v) is 6.47. The maximum absolute atomic E-state index is 13.5. The van der Waals surface area contributed by atoms with E-state index in [0.717, 1.165) is 24.0 Å². The third-order valence-electron chi connectivity index (χ3n) is 2.93. The SMILES string of the molecule is CCCC(OCC)C(NN)c1cc(C)cc(F)c1. The van der Waals surface area contributed by atoms with E-state index in [1.54, 1.807) is 0 Å². The molecule has 0 amide bonds. The molecule has 102 valence electrons. The van der Waals surface area contributed by atoms with E-state index in [2.05, 4.69) is 12.3 Å². The summed E-state index contributed by atoms with van der Waals surface area (Å²) in [5, 5.41) is 0. The van der Waals surface area contributed by atoms with Gasteiger partial charge in [0.2, 0.25) is 0 Å². The average Bonchev–Trinajstić information content (AvgIpc) is 2.29. The zero-order valence-electron chi connectivity index (χ0n) is 11.4. The van der Waals surface area contributed by atoms with Crippen LogP contribution in [-0.4, -0.2) is 12.7 Å². The van der Waals surface area contributed by atoms with Gasteiger partial charge in [-0.1, -0.05) is 19.4 Å². The molecule has 0 saturated carbocycles. The summed E-state index contributed by atoms with van der Waals surface area (Å²) in [7, 11) is 0. The van der Waals surface area contributed by atoms with Crippen molar-refractivity contribution in [3.05, 3.63) is 35.1 Å². The van der Waals surface area contributed by atoms with Crippen molar-refractivity contribution in [3.63, 3.8) is 0 Å². The van der Waals surface area contributed by atoms with Gasteiger partial charge in [-0.2, -0.15) is 0 Å². The van der Waals surface area contributed by atoms with Gasteiger partial charge >= 0.3 is 0 Å². The fraction of sp³-hybridized carbons (Fsp3) is 0.571. The largest absolute Gasteiger partial charge is 0.376 e. The summed E-state index contributed by atoms with van der Waals surface area (Å²) in [4.78, 5) is 0. The van der Waals surface area contributed by atoms with Gasteiger partial charge in [-0.05, 0) is 43.5 Å². The van der Waals surface area contributed by atoms with Gasteiger partial charge in [0.1, 0.15) is 5.82 Å². The standard InChI is InChI=1S/C14H23FN2O/c1-4-6-13(18-5-2)14(17-16)11-7-10(3)8-12(15)9-11/h7-9,13-14,17H,4-6,16H2,1-3H3. The van der Waals surface area contributed by atoms with E-state index >= 15 is 0 Å². The van der Waals surface area contributed by atoms with Crippen molar-refractivity contribution in [2.45, 2.75) is 45.8 Å². The number of ether oxygens (including phenoxy) is 1. The average molecular weight is 254 g/mol. The molecule has 0 aliphatic rings. The second-order valence-electron chi connectivity index (χ2n) is 4.49. The zero-order chi connectivity index (χ0) is 13.5. The van der Waals surface area contributed by atoms with E-state index in [4.69, 9.17) is 10.6 Å². The molecule has 0 saturated heterocycles. The molecule has 1 aromatic rings. The smallest absolute Gasteiger partial charge is 0.123 e. The highest BCUT2D eigenvalue weighted by Gasteiger charge is 2.22. The lowest BCUT2D eigenvalue weighted by Gasteiger charge is -2.27. The second kappa shape index (κ2) is 7.46. The Morgan fingerprint density at radius 3 is 2.56 bits per heavy atom. The Balaban J connectivity index is 2.97. The van der Waals surface area contributed by atoms with E-state index in [9.17, 15) is 4.39 Å². The maximum atomic E-state index is 13.5. The van der Waals surface area contributed by atoms with Gasteiger partial charge in [-0.25, -0.2) is 4.39 Å².